The van der Waals surface area contributed by atoms with Gasteiger partial charge in [-0.15, -0.1) is 0 Å². The fourth-order valence-electron chi connectivity index (χ4n) is 5.43. The summed E-state index contributed by atoms with van der Waals surface area (Å²) in [6, 6.07) is 7.82. The first-order valence-corrected chi connectivity index (χ1v) is 12.7. The summed E-state index contributed by atoms with van der Waals surface area (Å²) in [6.45, 7) is 6.64. The first-order valence-electron chi connectivity index (χ1n) is 12.7. The molecule has 36 heavy (non-hydrogen) atoms. The van der Waals surface area contributed by atoms with Gasteiger partial charge in [0.25, 0.3) is 5.91 Å². The van der Waals surface area contributed by atoms with Crippen LogP contribution in [0.4, 0.5) is 0 Å². The lowest BCUT2D eigenvalue weighted by molar-refractivity contribution is 0.0763. The van der Waals surface area contributed by atoms with E-state index in [1.165, 1.54) is 12.8 Å². The number of aromatic nitrogens is 2. The van der Waals surface area contributed by atoms with Gasteiger partial charge in [-0.3, -0.25) is 4.79 Å². The minimum Gasteiger partial charge on any atom is -0.469 e. The minimum absolute atomic E-state index is 0.0753. The van der Waals surface area contributed by atoms with Crippen LogP contribution < -0.4 is 10.6 Å². The molecule has 0 spiro atoms. The van der Waals surface area contributed by atoms with Crippen LogP contribution in [0.15, 0.2) is 52.9 Å². The Morgan fingerprint density at radius 2 is 2.14 bits per heavy atom. The van der Waals surface area contributed by atoms with Crippen molar-refractivity contribution in [1.82, 2.24) is 30.4 Å². The number of H-pyrrole nitrogens is 1. The molecule has 9 heteroatoms. The van der Waals surface area contributed by atoms with Gasteiger partial charge in [0.15, 0.2) is 6.23 Å². The molecule has 2 aromatic heterocycles. The molecule has 1 unspecified atom stereocenters. The Hall–Kier alpha value is -3.56. The normalized spacial score (nSPS) is 20.9. The second-order valence-corrected chi connectivity index (χ2v) is 9.95. The molecule has 1 aromatic carbocycles. The van der Waals surface area contributed by atoms with E-state index in [1.54, 1.807) is 12.5 Å². The molecule has 0 bridgehead atoms. The quantitative estimate of drug-likeness (QED) is 0.386. The number of hydrogen-bond acceptors (Lipinski definition) is 7. The molecular formula is C27H32N6O3. The summed E-state index contributed by atoms with van der Waals surface area (Å²) in [6.07, 6.45) is 7.60. The first kappa shape index (κ1) is 22.9. The van der Waals surface area contributed by atoms with Gasteiger partial charge in [0.1, 0.15) is 11.6 Å². The van der Waals surface area contributed by atoms with Crippen LogP contribution in [-0.4, -0.2) is 69.2 Å². The third kappa shape index (κ3) is 4.40. The van der Waals surface area contributed by atoms with Crippen molar-refractivity contribution in [3.63, 3.8) is 0 Å². The van der Waals surface area contributed by atoms with Crippen LogP contribution in [0.25, 0.3) is 16.6 Å². The van der Waals surface area contributed by atoms with E-state index in [9.17, 15) is 9.90 Å². The van der Waals surface area contributed by atoms with Gasteiger partial charge in [-0.05, 0) is 68.8 Å². The van der Waals surface area contributed by atoms with Crippen LogP contribution in [-0.2, 0) is 13.0 Å². The van der Waals surface area contributed by atoms with Crippen LogP contribution in [0.2, 0.25) is 0 Å². The number of imidazole rings is 1. The summed E-state index contributed by atoms with van der Waals surface area (Å²) < 4.78 is 5.47. The van der Waals surface area contributed by atoms with Crippen molar-refractivity contribution in [2.75, 3.05) is 26.2 Å². The summed E-state index contributed by atoms with van der Waals surface area (Å²) in [5, 5.41) is 17.2. The Labute approximate surface area is 209 Å². The van der Waals surface area contributed by atoms with Crippen molar-refractivity contribution >= 4 is 22.5 Å². The van der Waals surface area contributed by atoms with E-state index < -0.39 is 6.23 Å². The maximum absolute atomic E-state index is 13.1. The standard InChI is InChI=1S/C27H32N6O3/c1-17(13-19-5-4-12-36-19)29-21-6-7-28-26(34)24(21)25-30-22-14-18-16-33(11-10-32-8-2-3-9-32)27(35)20(18)15-23(22)31-25/h4-7,12,14-15,17,26,28-29,34H,2-3,8-11,13,16H2,1H3,(H,30,31)/t17-,26?/m0/s1. The highest BCUT2D eigenvalue weighted by atomic mass is 16.3. The van der Waals surface area contributed by atoms with Crippen LogP contribution in [0, 0.1) is 0 Å². The molecule has 1 amide bonds. The lowest BCUT2D eigenvalue weighted by atomic mass is 10.1. The molecule has 3 aliphatic heterocycles. The SMILES string of the molecule is C[C@@H](Cc1ccco1)NC1=C(c2nc3cc4c(cc3[nH]2)CN(CCN2CCCC2)C4=O)C(O)NC=C1. The third-order valence-corrected chi connectivity index (χ3v) is 7.28. The number of allylic oxidation sites excluding steroid dienone is 1. The topological polar surface area (TPSA) is 110 Å². The van der Waals surface area contributed by atoms with Gasteiger partial charge < -0.3 is 34.9 Å². The maximum atomic E-state index is 13.1. The molecule has 0 radical (unpaired) electrons. The molecule has 2 atom stereocenters. The van der Waals surface area contributed by atoms with Crippen LogP contribution in [0.3, 0.4) is 0 Å². The molecule has 4 N–H and O–H groups in total. The lowest BCUT2D eigenvalue weighted by Crippen LogP contribution is -2.35. The Morgan fingerprint density at radius 3 is 2.94 bits per heavy atom. The number of aliphatic hydroxyl groups is 1. The molecular weight excluding hydrogens is 456 g/mol. The van der Waals surface area contributed by atoms with Crippen molar-refractivity contribution < 1.29 is 14.3 Å². The highest BCUT2D eigenvalue weighted by Crippen LogP contribution is 2.30. The van der Waals surface area contributed by atoms with Crippen molar-refractivity contribution in [2.24, 2.45) is 0 Å². The lowest BCUT2D eigenvalue weighted by Gasteiger charge is -2.24. The second-order valence-electron chi connectivity index (χ2n) is 9.95. The van der Waals surface area contributed by atoms with Crippen LogP contribution in [0.1, 0.15) is 47.3 Å². The zero-order valence-electron chi connectivity index (χ0n) is 20.5. The number of amides is 1. The van der Waals surface area contributed by atoms with Crippen LogP contribution in [0.5, 0.6) is 0 Å². The van der Waals surface area contributed by atoms with Gasteiger partial charge in [-0.25, -0.2) is 4.98 Å². The van der Waals surface area contributed by atoms with Crippen molar-refractivity contribution in [1.29, 1.82) is 0 Å². The number of dihydropyridines is 1. The van der Waals surface area contributed by atoms with Gasteiger partial charge >= 0.3 is 0 Å². The minimum atomic E-state index is -0.913. The number of likely N-dealkylation sites (tertiary alicyclic amines) is 1. The largest absolute Gasteiger partial charge is 0.469 e. The van der Waals surface area contributed by atoms with E-state index >= 15 is 0 Å². The Bertz CT molecular complexity index is 1320. The van der Waals surface area contributed by atoms with Crippen LogP contribution >= 0.6 is 0 Å². The average Bonchev–Trinajstić information content (AvgIpc) is 3.65. The number of fused-ring (bicyclic) bond motifs is 2. The second kappa shape index (κ2) is 9.48. The van der Waals surface area contributed by atoms with Crippen molar-refractivity contribution in [2.45, 2.75) is 45.0 Å². The highest BCUT2D eigenvalue weighted by molar-refractivity contribution is 6.01. The first-order chi connectivity index (χ1) is 17.5. The summed E-state index contributed by atoms with van der Waals surface area (Å²) in [7, 11) is 0. The Kier molecular flexibility index (Phi) is 6.02. The van der Waals surface area contributed by atoms with E-state index in [-0.39, 0.29) is 11.9 Å². The molecule has 188 valence electrons. The molecule has 1 fully saturated rings. The number of benzene rings is 1. The molecule has 1 saturated heterocycles. The molecule has 5 heterocycles. The zero-order chi connectivity index (χ0) is 24.6. The van der Waals surface area contributed by atoms with E-state index in [2.05, 4.69) is 27.4 Å². The maximum Gasteiger partial charge on any atom is 0.254 e. The molecule has 9 nitrogen and oxygen atoms in total. The predicted molar refractivity (Wildman–Crippen MR) is 137 cm³/mol. The van der Waals surface area contributed by atoms with E-state index in [1.807, 2.05) is 35.2 Å². The Morgan fingerprint density at radius 1 is 1.28 bits per heavy atom. The number of nitrogens with one attached hydrogen (secondary N) is 3. The highest BCUT2D eigenvalue weighted by Gasteiger charge is 2.30. The number of furan rings is 1. The zero-order valence-corrected chi connectivity index (χ0v) is 20.5. The summed E-state index contributed by atoms with van der Waals surface area (Å²) in [5.74, 6) is 1.54. The monoisotopic (exact) mass is 488 g/mol. The number of carbonyl (C=O) groups excluding carboxylic acids is 1. The smallest absolute Gasteiger partial charge is 0.254 e. The molecule has 0 saturated carbocycles. The fourth-order valence-corrected chi connectivity index (χ4v) is 5.43. The van der Waals surface area contributed by atoms with Gasteiger partial charge in [0.05, 0.1) is 22.9 Å². The van der Waals surface area contributed by atoms with E-state index in [0.717, 1.165) is 59.8 Å². The molecule has 3 aliphatic rings. The van der Waals surface area contributed by atoms with E-state index in [0.29, 0.717) is 24.4 Å². The van der Waals surface area contributed by atoms with Crippen molar-refractivity contribution in [3.05, 3.63) is 71.2 Å². The average molecular weight is 489 g/mol. The molecule has 6 rings (SSSR count). The van der Waals surface area contributed by atoms with Gasteiger partial charge in [-0.2, -0.15) is 0 Å². The number of nitrogens with zero attached hydrogens (tertiary/aromatic N) is 3. The summed E-state index contributed by atoms with van der Waals surface area (Å²) in [5.41, 5.74) is 4.75. The molecule has 0 aliphatic carbocycles. The van der Waals surface area contributed by atoms with E-state index in [4.69, 9.17) is 9.40 Å². The number of carbonyl (C=O) groups is 1. The van der Waals surface area contributed by atoms with Crippen molar-refractivity contribution in [3.8, 4) is 0 Å². The number of aromatic amines is 1. The summed E-state index contributed by atoms with van der Waals surface area (Å²) in [4.78, 5) is 25.6. The predicted octanol–water partition coefficient (Wildman–Crippen LogP) is 2.57. The Balaban J connectivity index is 1.23. The fraction of sp³-hybridized carbons (Fsp3) is 0.407. The van der Waals surface area contributed by atoms with Gasteiger partial charge in [-0.1, -0.05) is 0 Å². The van der Waals surface area contributed by atoms with Gasteiger partial charge in [0.2, 0.25) is 0 Å². The molecule has 3 aromatic rings. The number of rotatable bonds is 8. The third-order valence-electron chi connectivity index (χ3n) is 7.28. The number of aliphatic hydroxyl groups excluding tert-OH is 1. The van der Waals surface area contributed by atoms with Gasteiger partial charge in [0, 0.05) is 49.6 Å². The summed E-state index contributed by atoms with van der Waals surface area (Å²) >= 11 is 0. The number of hydrogen-bond donors (Lipinski definition) is 4.